The Morgan fingerprint density at radius 3 is 2.42 bits per heavy atom. The molecule has 0 atom stereocenters. The Morgan fingerprint density at radius 1 is 1.00 bits per heavy atom. The number of ether oxygens (including phenoxy) is 1. The smallest absolute Gasteiger partial charge is 0.237 e. The molecule has 0 amide bonds. The second-order valence-corrected chi connectivity index (χ2v) is 9.28. The molecule has 1 aliphatic heterocycles. The van der Waals surface area contributed by atoms with E-state index < -0.39 is 27.4 Å². The number of hydrogen-bond donors (Lipinski definition) is 2. The summed E-state index contributed by atoms with van der Waals surface area (Å²) in [6, 6.07) is 11.1. The van der Waals surface area contributed by atoms with Gasteiger partial charge in [-0.05, 0) is 49.4 Å². The first kappa shape index (κ1) is 22.9. The van der Waals surface area contributed by atoms with E-state index in [0.29, 0.717) is 36.2 Å². The van der Waals surface area contributed by atoms with Crippen LogP contribution in [0.5, 0.6) is 0 Å². The van der Waals surface area contributed by atoms with E-state index in [4.69, 9.17) is 4.74 Å². The molecule has 0 radical (unpaired) electrons. The number of rotatable bonds is 7. The third-order valence-electron chi connectivity index (χ3n) is 4.94. The zero-order valence-electron chi connectivity index (χ0n) is 17.9. The molecule has 1 fully saturated rings. The summed E-state index contributed by atoms with van der Waals surface area (Å²) in [6.07, 6.45) is 0. The second-order valence-electron chi connectivity index (χ2n) is 7.56. The maximum absolute atomic E-state index is 13.8. The molecule has 0 bridgehead atoms. The van der Waals surface area contributed by atoms with Gasteiger partial charge in [0.25, 0.3) is 0 Å². The lowest BCUT2D eigenvalue weighted by atomic mass is 10.2. The molecule has 2 aromatic carbocycles. The summed E-state index contributed by atoms with van der Waals surface area (Å²) in [5.41, 5.74) is 0.751. The number of aromatic nitrogens is 2. The van der Waals surface area contributed by atoms with Crippen molar-refractivity contribution in [2.45, 2.75) is 12.7 Å². The lowest BCUT2D eigenvalue weighted by Gasteiger charge is -2.28. The first-order valence-corrected chi connectivity index (χ1v) is 11.9. The summed E-state index contributed by atoms with van der Waals surface area (Å²) in [7, 11) is -3.94. The van der Waals surface area contributed by atoms with Crippen molar-refractivity contribution in [2.75, 3.05) is 41.2 Å². The van der Waals surface area contributed by atoms with Crippen molar-refractivity contribution in [3.8, 4) is 0 Å². The standard InChI is InChI=1S/C22H23F2N5O3S/c1-15-25-21(13-22(26-15)29-8-10-32-11-9-29)27-18-3-5-19(6-4-18)28-33(30,31)14-16-12-17(23)2-7-20(16)24/h2-7,12-13,28H,8-11,14H2,1H3,(H,25,26,27). The first-order chi connectivity index (χ1) is 15.8. The summed E-state index contributed by atoms with van der Waals surface area (Å²) in [5, 5.41) is 3.19. The fourth-order valence-electron chi connectivity index (χ4n) is 3.41. The Morgan fingerprint density at radius 2 is 1.70 bits per heavy atom. The van der Waals surface area contributed by atoms with Crippen LogP contribution in [0.3, 0.4) is 0 Å². The number of aryl methyl sites for hydroxylation is 1. The Bertz CT molecular complexity index is 1230. The minimum Gasteiger partial charge on any atom is -0.378 e. The van der Waals surface area contributed by atoms with Crippen LogP contribution in [-0.2, 0) is 20.5 Å². The van der Waals surface area contributed by atoms with E-state index >= 15 is 0 Å². The maximum atomic E-state index is 13.8. The van der Waals surface area contributed by atoms with Crippen LogP contribution in [0, 0.1) is 18.6 Å². The molecular weight excluding hydrogens is 452 g/mol. The number of halogens is 2. The van der Waals surface area contributed by atoms with Crippen molar-refractivity contribution in [1.82, 2.24) is 9.97 Å². The highest BCUT2D eigenvalue weighted by molar-refractivity contribution is 7.91. The monoisotopic (exact) mass is 475 g/mol. The third-order valence-corrected chi connectivity index (χ3v) is 6.18. The van der Waals surface area contributed by atoms with Gasteiger partial charge < -0.3 is 15.0 Å². The Hall–Kier alpha value is -3.31. The molecule has 1 saturated heterocycles. The number of morpholine rings is 1. The Kier molecular flexibility index (Phi) is 6.70. The minimum atomic E-state index is -3.94. The van der Waals surface area contributed by atoms with Gasteiger partial charge in [0.15, 0.2) is 0 Å². The number of sulfonamides is 1. The van der Waals surface area contributed by atoms with Gasteiger partial charge in [0.2, 0.25) is 10.0 Å². The summed E-state index contributed by atoms with van der Waals surface area (Å²) in [4.78, 5) is 11.0. The number of anilines is 4. The van der Waals surface area contributed by atoms with E-state index in [9.17, 15) is 17.2 Å². The van der Waals surface area contributed by atoms with Crippen molar-refractivity contribution < 1.29 is 21.9 Å². The van der Waals surface area contributed by atoms with E-state index in [-0.39, 0.29) is 5.56 Å². The van der Waals surface area contributed by atoms with Crippen LogP contribution in [0.1, 0.15) is 11.4 Å². The van der Waals surface area contributed by atoms with Gasteiger partial charge in [-0.25, -0.2) is 27.2 Å². The van der Waals surface area contributed by atoms with Gasteiger partial charge in [-0.2, -0.15) is 0 Å². The van der Waals surface area contributed by atoms with Crippen molar-refractivity contribution in [3.05, 3.63) is 71.6 Å². The Balaban J connectivity index is 1.43. The van der Waals surface area contributed by atoms with Crippen LogP contribution < -0.4 is 14.9 Å². The maximum Gasteiger partial charge on any atom is 0.237 e. The number of benzene rings is 2. The van der Waals surface area contributed by atoms with Gasteiger partial charge in [-0.15, -0.1) is 0 Å². The molecule has 11 heteroatoms. The van der Waals surface area contributed by atoms with Crippen molar-refractivity contribution in [3.63, 3.8) is 0 Å². The van der Waals surface area contributed by atoms with Crippen LogP contribution in [0.25, 0.3) is 0 Å². The summed E-state index contributed by atoms with van der Waals surface area (Å²) in [6.45, 7) is 4.62. The van der Waals surface area contributed by atoms with Gasteiger partial charge in [0.1, 0.15) is 29.1 Å². The van der Waals surface area contributed by atoms with Crippen LogP contribution in [0.4, 0.5) is 31.8 Å². The molecule has 0 unspecified atom stereocenters. The molecule has 174 valence electrons. The first-order valence-electron chi connectivity index (χ1n) is 10.3. The summed E-state index contributed by atoms with van der Waals surface area (Å²) < 4.78 is 59.6. The van der Waals surface area contributed by atoms with Gasteiger partial charge in [-0.3, -0.25) is 4.72 Å². The van der Waals surface area contributed by atoms with Crippen LogP contribution in [0.15, 0.2) is 48.5 Å². The fourth-order valence-corrected chi connectivity index (χ4v) is 4.61. The van der Waals surface area contributed by atoms with E-state index in [0.717, 1.165) is 37.1 Å². The predicted molar refractivity (Wildman–Crippen MR) is 122 cm³/mol. The molecule has 1 aromatic heterocycles. The number of nitrogens with zero attached hydrogens (tertiary/aromatic N) is 3. The average molecular weight is 476 g/mol. The van der Waals surface area contributed by atoms with Crippen LogP contribution in [-0.4, -0.2) is 44.7 Å². The topological polar surface area (TPSA) is 96.5 Å². The lowest BCUT2D eigenvalue weighted by molar-refractivity contribution is 0.122. The molecular formula is C22H23F2N5O3S. The molecule has 8 nitrogen and oxygen atoms in total. The normalized spacial score (nSPS) is 14.2. The molecule has 3 aromatic rings. The largest absolute Gasteiger partial charge is 0.378 e. The third kappa shape index (κ3) is 6.14. The second kappa shape index (κ2) is 9.67. The molecule has 2 heterocycles. The van der Waals surface area contributed by atoms with E-state index in [1.165, 1.54) is 0 Å². The molecule has 2 N–H and O–H groups in total. The predicted octanol–water partition coefficient (Wildman–Crippen LogP) is 3.59. The van der Waals surface area contributed by atoms with Crippen molar-refractivity contribution >= 4 is 33.0 Å². The molecule has 0 spiro atoms. The minimum absolute atomic E-state index is 0.240. The van der Waals surface area contributed by atoms with E-state index in [1.54, 1.807) is 24.3 Å². The molecule has 4 rings (SSSR count). The van der Waals surface area contributed by atoms with Gasteiger partial charge in [0, 0.05) is 36.1 Å². The van der Waals surface area contributed by atoms with Crippen molar-refractivity contribution in [2.24, 2.45) is 0 Å². The summed E-state index contributed by atoms with van der Waals surface area (Å²) >= 11 is 0. The quantitative estimate of drug-likeness (QED) is 0.539. The van der Waals surface area contributed by atoms with Gasteiger partial charge in [0.05, 0.1) is 19.0 Å². The zero-order valence-corrected chi connectivity index (χ0v) is 18.7. The van der Waals surface area contributed by atoms with E-state index in [2.05, 4.69) is 24.9 Å². The molecule has 1 aliphatic rings. The molecule has 0 saturated carbocycles. The molecule has 0 aliphatic carbocycles. The molecule has 33 heavy (non-hydrogen) atoms. The number of nitrogens with one attached hydrogen (secondary N) is 2. The summed E-state index contributed by atoms with van der Waals surface area (Å²) in [5.74, 6) is -0.121. The van der Waals surface area contributed by atoms with Crippen LogP contribution >= 0.6 is 0 Å². The number of hydrogen-bond acceptors (Lipinski definition) is 7. The van der Waals surface area contributed by atoms with Gasteiger partial charge in [-0.1, -0.05) is 0 Å². The SMILES string of the molecule is Cc1nc(Nc2ccc(NS(=O)(=O)Cc3cc(F)ccc3F)cc2)cc(N2CCOCC2)n1. The highest BCUT2D eigenvalue weighted by Crippen LogP contribution is 2.23. The highest BCUT2D eigenvalue weighted by Gasteiger charge is 2.16. The Labute approximate surface area is 190 Å². The fraction of sp³-hybridized carbons (Fsp3) is 0.273. The average Bonchev–Trinajstić information content (AvgIpc) is 2.77. The zero-order chi connectivity index (χ0) is 23.4. The van der Waals surface area contributed by atoms with Crippen LogP contribution in [0.2, 0.25) is 0 Å². The van der Waals surface area contributed by atoms with E-state index in [1.807, 2.05) is 13.0 Å². The lowest BCUT2D eigenvalue weighted by Crippen LogP contribution is -2.36. The van der Waals surface area contributed by atoms with Gasteiger partial charge >= 0.3 is 0 Å². The van der Waals surface area contributed by atoms with Crippen molar-refractivity contribution in [1.29, 1.82) is 0 Å². The highest BCUT2D eigenvalue weighted by atomic mass is 32.2.